The first kappa shape index (κ1) is 63.7. The molecule has 6 rings (SSSR count). The first-order valence-corrected chi connectivity index (χ1v) is 27.8. The van der Waals surface area contributed by atoms with Crippen molar-refractivity contribution in [3.63, 3.8) is 0 Å². The predicted octanol–water partition coefficient (Wildman–Crippen LogP) is 5.65. The Morgan fingerprint density at radius 3 is 2.22 bits per heavy atom. The van der Waals surface area contributed by atoms with Gasteiger partial charge in [-0.15, -0.1) is 0 Å². The Kier molecular flexibility index (Phi) is 21.2. The molecule has 0 saturated carbocycles. The number of Topliss-reactive ketones (excluding diaryl/α,β-unsaturated/α-hetero) is 1. The summed E-state index contributed by atoms with van der Waals surface area (Å²) in [7, 11) is 8.78. The normalized spacial score (nSPS) is 36.9. The van der Waals surface area contributed by atoms with Gasteiger partial charge in [-0.3, -0.25) is 14.4 Å². The number of fused-ring (bicyclic) bond motifs is 2. The van der Waals surface area contributed by atoms with Crippen molar-refractivity contribution in [2.24, 2.45) is 23.7 Å². The van der Waals surface area contributed by atoms with Crippen LogP contribution < -0.4 is 10.7 Å². The number of esters is 1. The number of methoxy groups -OCH3 is 2. The van der Waals surface area contributed by atoms with Crippen LogP contribution in [0.15, 0.2) is 17.1 Å². The number of aliphatic hydroxyl groups excluding tert-OH is 1. The van der Waals surface area contributed by atoms with Crippen LogP contribution in [0.5, 0.6) is 0 Å². The van der Waals surface area contributed by atoms with Crippen LogP contribution in [0.4, 0.5) is 15.0 Å². The summed E-state index contributed by atoms with van der Waals surface area (Å²) in [6.07, 6.45) is -6.98. The maximum Gasteiger partial charge on any atom is 0.509 e. The van der Waals surface area contributed by atoms with E-state index < -0.39 is 131 Å². The van der Waals surface area contributed by atoms with Gasteiger partial charge in [-0.25, -0.2) is 19.0 Å². The van der Waals surface area contributed by atoms with E-state index in [1.807, 2.05) is 65.6 Å². The fourth-order valence-corrected chi connectivity index (χ4v) is 12.3. The highest BCUT2D eigenvalue weighted by molar-refractivity contribution is 5.92. The van der Waals surface area contributed by atoms with Gasteiger partial charge in [0, 0.05) is 77.5 Å². The minimum Gasteiger partial charge on any atom is -0.477 e. The molecular formula is C56H88FN5O17. The number of aromatic nitrogens is 2. The molecule has 0 aliphatic carbocycles. The number of ether oxygens (including phenoxy) is 10. The van der Waals surface area contributed by atoms with E-state index in [9.17, 15) is 34.2 Å². The lowest BCUT2D eigenvalue weighted by Gasteiger charge is -2.50. The fraction of sp³-hybridized carbons (Fsp3) is 0.786. The monoisotopic (exact) mass is 1120 g/mol. The van der Waals surface area contributed by atoms with Crippen molar-refractivity contribution in [3.05, 3.63) is 33.9 Å². The summed E-state index contributed by atoms with van der Waals surface area (Å²) < 4.78 is 80.8. The smallest absolute Gasteiger partial charge is 0.477 e. The molecule has 22 nitrogen and oxygen atoms in total. The van der Waals surface area contributed by atoms with Crippen LogP contribution in [0.25, 0.3) is 11.0 Å². The first-order valence-electron chi connectivity index (χ1n) is 27.8. The molecule has 0 radical (unpaired) electrons. The summed E-state index contributed by atoms with van der Waals surface area (Å²) in [5, 5.41) is 24.2. The number of nitrogens with zero attached hydrogens (tertiary/aromatic N) is 4. The number of aliphatic hydroxyl groups is 1. The Bertz CT molecular complexity index is 2520. The van der Waals surface area contributed by atoms with E-state index in [0.717, 1.165) is 6.07 Å². The van der Waals surface area contributed by atoms with Crippen molar-refractivity contribution in [3.8, 4) is 0 Å². The van der Waals surface area contributed by atoms with Crippen LogP contribution >= 0.6 is 0 Å². The number of carbonyl (C=O) groups is 4. The van der Waals surface area contributed by atoms with E-state index in [0.29, 0.717) is 45.6 Å². The van der Waals surface area contributed by atoms with Crippen LogP contribution in [0.1, 0.15) is 119 Å². The van der Waals surface area contributed by atoms with E-state index in [1.54, 1.807) is 48.7 Å². The topological polar surface area (TPSA) is 254 Å². The quantitative estimate of drug-likeness (QED) is 0.114. The maximum absolute atomic E-state index is 15.2. The van der Waals surface area contributed by atoms with Gasteiger partial charge in [0.25, 0.3) is 0 Å². The van der Waals surface area contributed by atoms with Gasteiger partial charge in [-0.05, 0) is 101 Å². The van der Waals surface area contributed by atoms with Crippen LogP contribution in [-0.2, 0) is 63.5 Å². The van der Waals surface area contributed by atoms with Gasteiger partial charge in [-0.2, -0.15) is 0 Å². The average molecular weight is 1120 g/mol. The van der Waals surface area contributed by atoms with Crippen molar-refractivity contribution in [2.75, 3.05) is 66.9 Å². The molecule has 0 unspecified atom stereocenters. The number of hydrogen-bond donors (Lipinski definition) is 3. The average Bonchev–Trinajstić information content (AvgIpc) is 3.72. The zero-order valence-corrected chi connectivity index (χ0v) is 49.1. The van der Waals surface area contributed by atoms with Crippen molar-refractivity contribution in [2.45, 2.75) is 199 Å². The number of cyclic esters (lactones) is 1. The second-order valence-corrected chi connectivity index (χ2v) is 23.1. The van der Waals surface area contributed by atoms with Gasteiger partial charge in [0.05, 0.1) is 52.8 Å². The third-order valence-electron chi connectivity index (χ3n) is 17.0. The van der Waals surface area contributed by atoms with Gasteiger partial charge in [-0.1, -0.05) is 27.7 Å². The molecule has 2 aromatic rings. The van der Waals surface area contributed by atoms with Crippen LogP contribution in [0.2, 0.25) is 0 Å². The molecule has 4 aliphatic heterocycles. The van der Waals surface area contributed by atoms with Gasteiger partial charge in [0.1, 0.15) is 35.3 Å². The summed E-state index contributed by atoms with van der Waals surface area (Å²) >= 11 is 0. The maximum atomic E-state index is 15.2. The predicted molar refractivity (Wildman–Crippen MR) is 287 cm³/mol. The number of carbonyl (C=O) groups excluding carboxylic acids is 3. The lowest BCUT2D eigenvalue weighted by molar-refractivity contribution is -0.322. The Labute approximate surface area is 463 Å². The molecule has 0 bridgehead atoms. The summed E-state index contributed by atoms with van der Waals surface area (Å²) in [5.74, 6) is -6.50. The number of aryl methyl sites for hydroxylation is 1. The minimum absolute atomic E-state index is 0.0568. The second-order valence-electron chi connectivity index (χ2n) is 23.1. The summed E-state index contributed by atoms with van der Waals surface area (Å²) in [5.41, 5.74) is -4.86. The van der Waals surface area contributed by atoms with Gasteiger partial charge in [0.15, 0.2) is 35.9 Å². The number of anilines is 1. The number of nitrogens with one attached hydrogen (secondary N) is 1. The number of aromatic carboxylic acids is 1. The summed E-state index contributed by atoms with van der Waals surface area (Å²) in [4.78, 5) is 75.0. The molecular weight excluding hydrogens is 1030 g/mol. The summed E-state index contributed by atoms with van der Waals surface area (Å²) in [6.45, 7) is 21.8. The molecule has 6 heterocycles. The van der Waals surface area contributed by atoms with E-state index in [1.165, 1.54) is 17.9 Å². The van der Waals surface area contributed by atoms with E-state index >= 15 is 4.39 Å². The number of ketones is 1. The molecule has 18 atom stereocenters. The number of hydrogen-bond acceptors (Lipinski definition) is 20. The standard InChI is InChI=1S/C56H88FN5O17/c1-17-39-56(11)46(78-53(69)79-56)31(5)41(63)29(3)26-54(9,70-15)45(77-52-43(65)38(60(12)13)24-30(4)73-52)32(6)44(33(7)51(68)75-39)76-40-27-55(10,71-16)47(34(8)74-40)72-23-19-21-61(14)22-20-58-48-37(57)25-35-42(64)36(50(66)67)28-62(18-2)49(35)59-48/h25,28-34,38-40,43-47,52,65H,17-24,26-27H2,1-16H3,(H,58,59)(H,66,67)/t29-,30-,31-,32+,33+,34-,38+,39-,40+,43+,44+,45-,46+,47+,52+,54+,55-,56-/m0/s1. The Hall–Kier alpha value is -4.43. The van der Waals surface area contributed by atoms with E-state index in [4.69, 9.17) is 47.4 Å². The number of rotatable bonds is 19. The third kappa shape index (κ3) is 13.7. The molecule has 0 spiro atoms. The molecule has 4 saturated heterocycles. The molecule has 2 aromatic heterocycles. The van der Waals surface area contributed by atoms with Crippen LogP contribution in [0, 0.1) is 29.5 Å². The van der Waals surface area contributed by atoms with Crippen molar-refractivity contribution in [1.29, 1.82) is 0 Å². The molecule has 3 N–H and O–H groups in total. The van der Waals surface area contributed by atoms with Crippen LogP contribution in [0.3, 0.4) is 0 Å². The van der Waals surface area contributed by atoms with Crippen molar-refractivity contribution in [1.82, 2.24) is 19.4 Å². The molecule has 79 heavy (non-hydrogen) atoms. The Morgan fingerprint density at radius 1 is 0.924 bits per heavy atom. The molecule has 4 fully saturated rings. The second kappa shape index (κ2) is 26.2. The fourth-order valence-electron chi connectivity index (χ4n) is 12.3. The number of pyridine rings is 2. The van der Waals surface area contributed by atoms with Crippen molar-refractivity contribution >= 4 is 40.7 Å². The first-order chi connectivity index (χ1) is 37.1. The van der Waals surface area contributed by atoms with Crippen LogP contribution in [-0.4, -0.2) is 199 Å². The molecule has 4 aliphatic rings. The van der Waals surface area contributed by atoms with E-state index in [-0.39, 0.29) is 54.0 Å². The largest absolute Gasteiger partial charge is 0.509 e. The van der Waals surface area contributed by atoms with Gasteiger partial charge < -0.3 is 77.3 Å². The SMILES string of the molecule is CC[C@@H]1OC(=O)[C@H](C)[C@H](O[C@@H]2C[C@](C)(OC)[C@H](OCCCN(C)CCNc3nc4c(cc3F)c(=O)c(C(=O)O)cn4CC)[C@H](C)O2)[C@@H](C)[C@H](O[C@H]2O[C@@H](C)C[C@@H](N(C)C)[C@H]2O)[C@](C)(OC)C[C@H](C)C(=O)[C@H](C)[C@H]2OC(=O)O[C@@]12C. The minimum atomic E-state index is -1.52. The number of halogens is 1. The highest BCUT2D eigenvalue weighted by atomic mass is 19.1. The molecule has 23 heteroatoms. The number of carboxylic acid groups (broad SMARTS) is 1. The highest BCUT2D eigenvalue weighted by Gasteiger charge is 2.60. The molecule has 0 aromatic carbocycles. The van der Waals surface area contributed by atoms with E-state index in [2.05, 4.69) is 10.3 Å². The van der Waals surface area contributed by atoms with Gasteiger partial charge in [0.2, 0.25) is 5.43 Å². The van der Waals surface area contributed by atoms with Gasteiger partial charge >= 0.3 is 18.1 Å². The molecule has 0 amide bonds. The Morgan fingerprint density at radius 2 is 1.59 bits per heavy atom. The Balaban J connectivity index is 1.20. The third-order valence-corrected chi connectivity index (χ3v) is 17.0. The number of carboxylic acids is 1. The highest BCUT2D eigenvalue weighted by Crippen LogP contribution is 2.44. The zero-order valence-electron chi connectivity index (χ0n) is 49.1. The lowest BCUT2D eigenvalue weighted by Crippen LogP contribution is -2.61. The lowest BCUT2D eigenvalue weighted by atomic mass is 9.74. The van der Waals surface area contributed by atoms with Crippen molar-refractivity contribution < 1.29 is 81.2 Å². The zero-order chi connectivity index (χ0) is 58.6. The number of likely N-dealkylation sites (N-methyl/N-ethyl adjacent to an activating group) is 2. The molecule has 446 valence electrons. The summed E-state index contributed by atoms with van der Waals surface area (Å²) in [6, 6.07) is 0.694.